The molecule has 26 heavy (non-hydrogen) atoms. The lowest BCUT2D eigenvalue weighted by molar-refractivity contribution is 0.0324. The van der Waals surface area contributed by atoms with Gasteiger partial charge in [-0.3, -0.25) is 0 Å². The summed E-state index contributed by atoms with van der Waals surface area (Å²) < 4.78 is 32.6. The Balaban J connectivity index is 0. The summed E-state index contributed by atoms with van der Waals surface area (Å²) in [5.74, 6) is 0. The van der Waals surface area contributed by atoms with Crippen molar-refractivity contribution in [1.82, 2.24) is 0 Å². The molecule has 0 aliphatic carbocycles. The molecule has 0 aliphatic rings. The third-order valence-corrected chi connectivity index (χ3v) is 2.30. The molecule has 0 atom stereocenters. The third kappa shape index (κ3) is 21.9. The van der Waals surface area contributed by atoms with E-state index in [0.717, 1.165) is 0 Å². The maximum Gasteiger partial charge on any atom is 0.639 e. The van der Waals surface area contributed by atoms with Crippen molar-refractivity contribution in [3.8, 4) is 0 Å². The smallest absolute Gasteiger partial charge is 0.384 e. The fourth-order valence-electron chi connectivity index (χ4n) is 1.53. The number of rotatable bonds is 12. The van der Waals surface area contributed by atoms with Crippen molar-refractivity contribution in [1.29, 1.82) is 0 Å². The van der Waals surface area contributed by atoms with Crippen LogP contribution in [0, 0.1) is 0 Å². The monoisotopic (exact) mass is 376 g/mol. The van der Waals surface area contributed by atoms with E-state index in [1.807, 2.05) is 83.1 Å². The van der Waals surface area contributed by atoms with Crippen LogP contribution in [-0.4, -0.2) is 51.3 Å². The van der Waals surface area contributed by atoms with E-state index in [1.165, 1.54) is 0 Å². The molecule has 0 aromatic carbocycles. The molecule has 6 nitrogen and oxygen atoms in total. The summed E-state index contributed by atoms with van der Waals surface area (Å²) in [6.45, 7) is 23.5. The lowest BCUT2D eigenvalue weighted by Gasteiger charge is -2.20. The van der Waals surface area contributed by atoms with E-state index in [-0.39, 0.29) is 36.6 Å². The van der Waals surface area contributed by atoms with Gasteiger partial charge >= 0.3 is 14.6 Å². The van der Waals surface area contributed by atoms with Gasteiger partial charge in [0.05, 0.1) is 0 Å². The molecule has 0 aliphatic heterocycles. The highest BCUT2D eigenvalue weighted by Gasteiger charge is 2.26. The number of hydrogen-bond acceptors (Lipinski definition) is 6. The Kier molecular flexibility index (Phi) is 17.2. The van der Waals surface area contributed by atoms with E-state index in [1.54, 1.807) is 0 Å². The predicted molar refractivity (Wildman–Crippen MR) is 109 cm³/mol. The van der Waals surface area contributed by atoms with Crippen molar-refractivity contribution in [3.05, 3.63) is 0 Å². The van der Waals surface area contributed by atoms with Crippen molar-refractivity contribution in [2.45, 2.75) is 120 Å². The third-order valence-electron chi connectivity index (χ3n) is 2.30. The van der Waals surface area contributed by atoms with Gasteiger partial charge in [-0.05, 0) is 83.1 Å². The topological polar surface area (TPSA) is 55.4 Å². The minimum absolute atomic E-state index is 0.113. The molecule has 0 saturated carbocycles. The van der Waals surface area contributed by atoms with Crippen LogP contribution in [0.15, 0.2) is 0 Å². The quantitative estimate of drug-likeness (QED) is 0.468. The lowest BCUT2D eigenvalue weighted by atomic mass is 10.2. The second-order valence-corrected chi connectivity index (χ2v) is 7.69. The summed E-state index contributed by atoms with van der Waals surface area (Å²) in [5, 5.41) is 0. The zero-order chi connectivity index (χ0) is 20.9. The Morgan fingerprint density at radius 3 is 0.500 bits per heavy atom. The molecule has 0 bridgehead atoms. The van der Waals surface area contributed by atoms with Crippen LogP contribution < -0.4 is 0 Å². The van der Waals surface area contributed by atoms with Crippen LogP contribution in [-0.2, 0) is 27.9 Å². The van der Waals surface area contributed by atoms with Crippen molar-refractivity contribution in [2.75, 3.05) is 0 Å². The average molecular weight is 376 g/mol. The molecule has 0 radical (unpaired) electrons. The summed E-state index contributed by atoms with van der Waals surface area (Å²) in [7, 11) is -1.08. The summed E-state index contributed by atoms with van der Waals surface area (Å²) in [6, 6.07) is 0. The standard InChI is InChI=1S/2C9H21BO3/c2*1-7(2)11-10(12-8(3)4)13-9(5)6/h2*7-9H,1-6H3. The molecule has 156 valence electrons. The van der Waals surface area contributed by atoms with Crippen molar-refractivity contribution in [3.63, 3.8) is 0 Å². The second kappa shape index (κ2) is 15.9. The van der Waals surface area contributed by atoms with Gasteiger partial charge in [-0.2, -0.15) is 0 Å². The highest BCUT2D eigenvalue weighted by molar-refractivity contribution is 6.36. The number of hydrogen-bond donors (Lipinski definition) is 0. The van der Waals surface area contributed by atoms with Crippen molar-refractivity contribution >= 4 is 14.6 Å². The van der Waals surface area contributed by atoms with Crippen LogP contribution in [0.5, 0.6) is 0 Å². The summed E-state index contributed by atoms with van der Waals surface area (Å²) in [6.07, 6.45) is 0.681. The molecule has 0 N–H and O–H groups in total. The van der Waals surface area contributed by atoms with E-state index in [0.29, 0.717) is 0 Å². The molecule has 0 saturated heterocycles. The van der Waals surface area contributed by atoms with Gasteiger partial charge in [0, 0.05) is 36.6 Å². The molecular formula is C18H42B2O6. The van der Waals surface area contributed by atoms with Crippen LogP contribution in [0.3, 0.4) is 0 Å². The van der Waals surface area contributed by atoms with Gasteiger partial charge in [-0.15, -0.1) is 0 Å². The normalized spacial score (nSPS) is 11.8. The lowest BCUT2D eigenvalue weighted by Crippen LogP contribution is -2.34. The van der Waals surface area contributed by atoms with Gasteiger partial charge in [0.1, 0.15) is 0 Å². The Labute approximate surface area is 162 Å². The Morgan fingerprint density at radius 1 is 0.308 bits per heavy atom. The fraction of sp³-hybridized carbons (Fsp3) is 1.00. The first-order chi connectivity index (χ1) is 11.8. The van der Waals surface area contributed by atoms with Gasteiger partial charge in [0.15, 0.2) is 0 Å². The molecule has 8 heteroatoms. The molecule has 0 spiro atoms. The zero-order valence-electron chi connectivity index (χ0n) is 19.1. The molecule has 0 aromatic heterocycles. The molecule has 0 unspecified atom stereocenters. The Hall–Kier alpha value is -0.110. The van der Waals surface area contributed by atoms with Crippen molar-refractivity contribution < 1.29 is 27.9 Å². The van der Waals surface area contributed by atoms with E-state index in [4.69, 9.17) is 27.9 Å². The molecule has 0 fully saturated rings. The van der Waals surface area contributed by atoms with Gasteiger partial charge in [0.2, 0.25) is 0 Å². The predicted octanol–water partition coefficient (Wildman–Crippen LogP) is 4.49. The van der Waals surface area contributed by atoms with Gasteiger partial charge in [0.25, 0.3) is 0 Å². The minimum atomic E-state index is -0.542. The van der Waals surface area contributed by atoms with Crippen LogP contribution in [0.25, 0.3) is 0 Å². The van der Waals surface area contributed by atoms with Crippen LogP contribution >= 0.6 is 0 Å². The largest absolute Gasteiger partial charge is 0.639 e. The van der Waals surface area contributed by atoms with Gasteiger partial charge in [-0.1, -0.05) is 0 Å². The van der Waals surface area contributed by atoms with Crippen LogP contribution in [0.1, 0.15) is 83.1 Å². The highest BCUT2D eigenvalue weighted by Crippen LogP contribution is 2.05. The SMILES string of the molecule is CC(C)OB(OC(C)C)OC(C)C.CC(C)OB(OC(C)C)OC(C)C. The minimum Gasteiger partial charge on any atom is -0.384 e. The summed E-state index contributed by atoms with van der Waals surface area (Å²) in [5.41, 5.74) is 0. The van der Waals surface area contributed by atoms with Crippen molar-refractivity contribution in [2.24, 2.45) is 0 Å². The maximum absolute atomic E-state index is 5.43. The maximum atomic E-state index is 5.43. The summed E-state index contributed by atoms with van der Waals surface area (Å²) in [4.78, 5) is 0. The molecule has 0 amide bonds. The van der Waals surface area contributed by atoms with Gasteiger partial charge < -0.3 is 27.9 Å². The van der Waals surface area contributed by atoms with E-state index in [2.05, 4.69) is 0 Å². The first kappa shape index (κ1) is 28.1. The fourth-order valence-corrected chi connectivity index (χ4v) is 1.53. The van der Waals surface area contributed by atoms with Crippen LogP contribution in [0.4, 0.5) is 0 Å². The Bertz CT molecular complexity index is 235. The first-order valence-corrected chi connectivity index (χ1v) is 9.76. The second-order valence-electron chi connectivity index (χ2n) is 7.69. The first-order valence-electron chi connectivity index (χ1n) is 9.76. The van der Waals surface area contributed by atoms with Crippen LogP contribution in [0.2, 0.25) is 0 Å². The van der Waals surface area contributed by atoms with E-state index in [9.17, 15) is 0 Å². The zero-order valence-corrected chi connectivity index (χ0v) is 19.1. The van der Waals surface area contributed by atoms with E-state index >= 15 is 0 Å². The highest BCUT2D eigenvalue weighted by atomic mass is 16.7. The Morgan fingerprint density at radius 2 is 0.423 bits per heavy atom. The molecular weight excluding hydrogens is 334 g/mol. The molecule has 0 heterocycles. The molecule has 0 rings (SSSR count). The molecule has 0 aromatic rings. The van der Waals surface area contributed by atoms with Gasteiger partial charge in [-0.25, -0.2) is 0 Å². The average Bonchev–Trinajstić information content (AvgIpc) is 2.33. The summed E-state index contributed by atoms with van der Waals surface area (Å²) >= 11 is 0. The van der Waals surface area contributed by atoms with E-state index < -0.39 is 14.6 Å².